The van der Waals surface area contributed by atoms with E-state index in [4.69, 9.17) is 18.9 Å². The number of carbonyl (C=O) groups is 3. The molecule has 0 aliphatic carbocycles. The summed E-state index contributed by atoms with van der Waals surface area (Å²) in [5, 5.41) is 0. The summed E-state index contributed by atoms with van der Waals surface area (Å²) >= 11 is 0. The molecule has 128 valence electrons. The molecule has 0 aromatic heterocycles. The van der Waals surface area contributed by atoms with Crippen molar-refractivity contribution < 1.29 is 33.3 Å². The van der Waals surface area contributed by atoms with Crippen molar-refractivity contribution >= 4 is 17.9 Å². The predicted octanol–water partition coefficient (Wildman–Crippen LogP) is 1.31. The first-order valence-corrected chi connectivity index (χ1v) is 7.32. The number of hydrogen-bond acceptors (Lipinski definition) is 7. The van der Waals surface area contributed by atoms with Gasteiger partial charge in [-0.05, 0) is 13.0 Å². The van der Waals surface area contributed by atoms with Crippen molar-refractivity contribution in [3.63, 3.8) is 0 Å². The van der Waals surface area contributed by atoms with Gasteiger partial charge in [-0.1, -0.05) is 12.7 Å². The van der Waals surface area contributed by atoms with Crippen molar-refractivity contribution in [1.82, 2.24) is 0 Å². The van der Waals surface area contributed by atoms with Crippen molar-refractivity contribution in [1.29, 1.82) is 0 Å². The van der Waals surface area contributed by atoms with Crippen LogP contribution in [0.4, 0.5) is 0 Å². The summed E-state index contributed by atoms with van der Waals surface area (Å²) in [5.74, 6) is -1.41. The normalized spacial score (nSPS) is 23.0. The van der Waals surface area contributed by atoms with E-state index >= 15 is 0 Å². The molecule has 0 saturated heterocycles. The summed E-state index contributed by atoms with van der Waals surface area (Å²) in [4.78, 5) is 33.7. The first kappa shape index (κ1) is 18.9. The highest BCUT2D eigenvalue weighted by Crippen LogP contribution is 2.21. The van der Waals surface area contributed by atoms with Gasteiger partial charge in [-0.2, -0.15) is 0 Å². The molecule has 0 unspecified atom stereocenters. The van der Waals surface area contributed by atoms with E-state index in [0.717, 1.165) is 0 Å². The van der Waals surface area contributed by atoms with Gasteiger partial charge in [0, 0.05) is 25.8 Å². The molecule has 0 bridgehead atoms. The maximum atomic E-state index is 11.6. The smallest absolute Gasteiger partial charge is 0.333 e. The Balaban J connectivity index is 2.70. The molecule has 1 aliphatic rings. The van der Waals surface area contributed by atoms with E-state index in [-0.39, 0.29) is 25.2 Å². The number of hydrogen-bond donors (Lipinski definition) is 0. The maximum absolute atomic E-state index is 11.6. The molecule has 1 aliphatic heterocycles. The van der Waals surface area contributed by atoms with E-state index in [1.165, 1.54) is 13.8 Å². The van der Waals surface area contributed by atoms with Crippen LogP contribution in [0.3, 0.4) is 0 Å². The largest absolute Gasteiger partial charge is 0.463 e. The van der Waals surface area contributed by atoms with Crippen molar-refractivity contribution in [3.05, 3.63) is 24.3 Å². The Labute approximate surface area is 135 Å². The first-order valence-electron chi connectivity index (χ1n) is 7.32. The van der Waals surface area contributed by atoms with Gasteiger partial charge in [0.05, 0.1) is 12.7 Å². The predicted molar refractivity (Wildman–Crippen MR) is 80.4 cm³/mol. The van der Waals surface area contributed by atoms with Crippen LogP contribution in [-0.2, 0) is 33.3 Å². The van der Waals surface area contributed by atoms with Gasteiger partial charge >= 0.3 is 17.9 Å². The van der Waals surface area contributed by atoms with Gasteiger partial charge in [-0.25, -0.2) is 4.79 Å². The quantitative estimate of drug-likeness (QED) is 0.302. The molecule has 7 heteroatoms. The topological polar surface area (TPSA) is 88.1 Å². The van der Waals surface area contributed by atoms with Crippen LogP contribution in [0.2, 0.25) is 0 Å². The van der Waals surface area contributed by atoms with Crippen molar-refractivity contribution in [2.45, 2.75) is 45.5 Å². The van der Waals surface area contributed by atoms with Crippen LogP contribution in [0, 0.1) is 0 Å². The molecule has 0 fully saturated rings. The zero-order chi connectivity index (χ0) is 17.4. The van der Waals surface area contributed by atoms with Crippen LogP contribution >= 0.6 is 0 Å². The Morgan fingerprint density at radius 2 is 1.83 bits per heavy atom. The minimum atomic E-state index is -0.654. The van der Waals surface area contributed by atoms with E-state index < -0.39 is 36.2 Å². The fraction of sp³-hybridized carbons (Fsp3) is 0.562. The van der Waals surface area contributed by atoms with Crippen LogP contribution in [0.25, 0.3) is 0 Å². The Morgan fingerprint density at radius 3 is 2.39 bits per heavy atom. The Bertz CT molecular complexity index is 495. The van der Waals surface area contributed by atoms with Crippen molar-refractivity contribution in [2.75, 3.05) is 13.2 Å². The molecule has 0 aromatic rings. The van der Waals surface area contributed by atoms with Crippen LogP contribution in [0.15, 0.2) is 24.3 Å². The van der Waals surface area contributed by atoms with Gasteiger partial charge in [0.1, 0.15) is 18.8 Å². The fourth-order valence-electron chi connectivity index (χ4n) is 2.02. The highest BCUT2D eigenvalue weighted by molar-refractivity contribution is 5.87. The summed E-state index contributed by atoms with van der Waals surface area (Å²) < 4.78 is 20.7. The van der Waals surface area contributed by atoms with E-state index in [0.29, 0.717) is 0 Å². The zero-order valence-corrected chi connectivity index (χ0v) is 13.6. The second kappa shape index (κ2) is 9.09. The third-order valence-corrected chi connectivity index (χ3v) is 3.00. The molecule has 3 atom stereocenters. The molecule has 0 N–H and O–H groups in total. The number of esters is 3. The van der Waals surface area contributed by atoms with Gasteiger partial charge in [0.2, 0.25) is 0 Å². The molecule has 0 amide bonds. The summed E-state index contributed by atoms with van der Waals surface area (Å²) in [6, 6.07) is 0. The molecule has 1 heterocycles. The molecular weight excluding hydrogens is 304 g/mol. The molecule has 7 nitrogen and oxygen atoms in total. The second-order valence-electron chi connectivity index (χ2n) is 5.00. The lowest BCUT2D eigenvalue weighted by atomic mass is 10.0. The van der Waals surface area contributed by atoms with E-state index in [9.17, 15) is 14.4 Å². The Morgan fingerprint density at radius 1 is 1.13 bits per heavy atom. The van der Waals surface area contributed by atoms with Gasteiger partial charge < -0.3 is 18.9 Å². The van der Waals surface area contributed by atoms with Crippen LogP contribution in [0.1, 0.15) is 27.2 Å². The van der Waals surface area contributed by atoms with Crippen LogP contribution in [0.5, 0.6) is 0 Å². The molecule has 23 heavy (non-hydrogen) atoms. The zero-order valence-electron chi connectivity index (χ0n) is 13.6. The van der Waals surface area contributed by atoms with Crippen molar-refractivity contribution in [3.8, 4) is 0 Å². The fourth-order valence-corrected chi connectivity index (χ4v) is 2.02. The highest BCUT2D eigenvalue weighted by Gasteiger charge is 2.31. The SMILES string of the molecule is C=C(C[C@@H]1C=C[C@H](OC(C)=O)[C@@H](COC(C)=O)O1)C(=O)OCC. The maximum Gasteiger partial charge on any atom is 0.333 e. The van der Waals surface area contributed by atoms with Crippen molar-refractivity contribution in [2.24, 2.45) is 0 Å². The summed E-state index contributed by atoms with van der Waals surface area (Å²) in [7, 11) is 0. The molecule has 0 saturated carbocycles. The minimum absolute atomic E-state index is 0.0556. The minimum Gasteiger partial charge on any atom is -0.463 e. The van der Waals surface area contributed by atoms with Gasteiger partial charge in [-0.15, -0.1) is 0 Å². The lowest BCUT2D eigenvalue weighted by Gasteiger charge is -2.31. The average molecular weight is 326 g/mol. The first-order chi connectivity index (χ1) is 10.8. The van der Waals surface area contributed by atoms with Gasteiger partial charge in [0.15, 0.2) is 0 Å². The van der Waals surface area contributed by atoms with E-state index in [1.54, 1.807) is 19.1 Å². The average Bonchev–Trinajstić information content (AvgIpc) is 2.46. The molecule has 0 aromatic carbocycles. The van der Waals surface area contributed by atoms with E-state index in [1.807, 2.05) is 0 Å². The molecule has 0 radical (unpaired) electrons. The number of ether oxygens (including phenoxy) is 4. The monoisotopic (exact) mass is 326 g/mol. The summed E-state index contributed by atoms with van der Waals surface area (Å²) in [5.41, 5.74) is 0.277. The van der Waals surface area contributed by atoms with E-state index in [2.05, 4.69) is 6.58 Å². The number of rotatable bonds is 7. The summed E-state index contributed by atoms with van der Waals surface area (Å²) in [6.07, 6.45) is 1.83. The van der Waals surface area contributed by atoms with Gasteiger partial charge in [-0.3, -0.25) is 9.59 Å². The Hall–Kier alpha value is -2.15. The van der Waals surface area contributed by atoms with Gasteiger partial charge in [0.25, 0.3) is 0 Å². The third-order valence-electron chi connectivity index (χ3n) is 3.00. The molecule has 0 spiro atoms. The second-order valence-corrected chi connectivity index (χ2v) is 5.00. The molecular formula is C16H22O7. The summed E-state index contributed by atoms with van der Waals surface area (Å²) in [6.45, 7) is 8.16. The lowest BCUT2D eigenvalue weighted by molar-refractivity contribution is -0.163. The number of carbonyl (C=O) groups excluding carboxylic acids is 3. The standard InChI is InChI=1S/C16H22O7/c1-5-20-16(19)10(2)8-13-6-7-14(22-12(4)18)15(23-13)9-21-11(3)17/h6-7,13-15H,2,5,8-9H2,1,3-4H3/t13-,14-,15+/m0/s1. The lowest BCUT2D eigenvalue weighted by Crippen LogP contribution is -2.41. The highest BCUT2D eigenvalue weighted by atomic mass is 16.6. The van der Waals surface area contributed by atoms with Crippen LogP contribution in [-0.4, -0.2) is 49.4 Å². The van der Waals surface area contributed by atoms with Crippen LogP contribution < -0.4 is 0 Å². The third kappa shape index (κ3) is 6.65. The molecule has 1 rings (SSSR count). The Kier molecular flexibility index (Phi) is 7.47.